The van der Waals surface area contributed by atoms with E-state index in [-0.39, 0.29) is 138 Å². The molecule has 0 bridgehead atoms. The van der Waals surface area contributed by atoms with E-state index in [0.29, 0.717) is 42.3 Å². The highest BCUT2D eigenvalue weighted by atomic mass is 32.2. The number of aliphatic hydroxyl groups excluding tert-OH is 4. The van der Waals surface area contributed by atoms with Crippen LogP contribution in [0.15, 0.2) is 236 Å². The minimum atomic E-state index is -5.07. The maximum Gasteiger partial charge on any atom is 0.338 e. The molecule has 0 spiro atoms. The monoisotopic (exact) mass is 2050 g/mol. The number of carbonyl (C=O) groups excluding carboxylic acids is 2. The molecule has 2 aromatic heterocycles. The molecule has 12 aromatic rings. The predicted molar refractivity (Wildman–Crippen MR) is 468 cm³/mol. The maximum atomic E-state index is 12.4. The van der Waals surface area contributed by atoms with Gasteiger partial charge in [-0.15, -0.1) is 70.0 Å². The molecule has 0 unspecified atom stereocenters. The highest BCUT2D eigenvalue weighted by Gasteiger charge is 2.31. The average molecular weight is 2050 g/mol. The van der Waals surface area contributed by atoms with Crippen molar-refractivity contribution >= 4 is 184 Å². The summed E-state index contributed by atoms with van der Waals surface area (Å²) in [6.45, 7) is -3.32. The summed E-state index contributed by atoms with van der Waals surface area (Å²) < 4.78 is 171. The molecule has 0 saturated heterocycles. The number of phenolic OH excluding ortho intramolecular Hbond substituents is 2. The van der Waals surface area contributed by atoms with Crippen LogP contribution in [0.25, 0.3) is 32.9 Å². The number of hydrogen-bond acceptors (Lipinski definition) is 49. The number of ether oxygens (including phenoxy) is 5. The number of phenols is 2. The van der Waals surface area contributed by atoms with E-state index in [1.807, 2.05) is 0 Å². The Bertz CT molecular complexity index is 7560. The molecule has 58 nitrogen and oxygen atoms in total. The van der Waals surface area contributed by atoms with Gasteiger partial charge >= 0.3 is 11.9 Å². The van der Waals surface area contributed by atoms with Crippen LogP contribution in [0.3, 0.4) is 0 Å². The average Bonchev–Trinajstić information content (AvgIpc) is 1.70. The zero-order valence-corrected chi connectivity index (χ0v) is 74.2. The molecule has 0 atom stereocenters. The lowest BCUT2D eigenvalue weighted by Gasteiger charge is -2.13. The number of fused-ring (bicyclic) bond motifs is 2. The number of nitrogens with zero attached hydrogens (tertiary/aromatic N) is 17. The van der Waals surface area contributed by atoms with E-state index in [1.54, 1.807) is 0 Å². The fourth-order valence-corrected chi connectivity index (χ4v) is 15.1. The SMILES string of the molecule is COc1ccc(N=Nc2cc(OCCO)c(N=Nc3c(SOOO)cc4cc(-n5nc(C(N)=O)c(N=Nc6ccc(S(=O)(=O)O)cc6C(=O)O)c5O)ccc4c3O)cc2OCCO)c(S(=O)(=O)O)c1.NC(=O)c1nn(-c2ccc3c(O)c(N=Nc4cc(OCCO)c(N=Nc5ccc([N+](=O)[O-])cc5S(=O)(=O)O)cc4OCCO)c(SOOO)cc3c2)c(O)c1N=Nc1ccc(S(=O)(=O)O)cc1C(=O)O. The number of carbonyl (C=O) groups is 4. The molecule has 728 valence electrons. The number of non-ortho nitro benzene ring substituents is 1. The van der Waals surface area contributed by atoms with Gasteiger partial charge in [-0.2, -0.15) is 53.2 Å². The van der Waals surface area contributed by atoms with Crippen LogP contribution in [0.4, 0.5) is 73.9 Å². The molecule has 20 N–H and O–H groups in total. The molecule has 2 amide bonds. The van der Waals surface area contributed by atoms with Crippen molar-refractivity contribution in [3.8, 4) is 63.4 Å². The molecule has 0 aliphatic heterocycles. The first kappa shape index (κ1) is 104. The third-order valence-corrected chi connectivity index (χ3v) is 22.6. The third-order valence-electron chi connectivity index (χ3n) is 17.9. The molecule has 0 radical (unpaired) electrons. The molecule has 0 fully saturated rings. The number of methoxy groups -OCH3 is 1. The number of nitro groups is 1. The van der Waals surface area contributed by atoms with Crippen molar-refractivity contribution in [1.29, 1.82) is 0 Å². The van der Waals surface area contributed by atoms with Gasteiger partial charge in [0.15, 0.2) is 34.3 Å². The second kappa shape index (κ2) is 44.8. The number of aromatic nitrogens is 4. The Kier molecular flexibility index (Phi) is 33.4. The van der Waals surface area contributed by atoms with Crippen LogP contribution in [0, 0.1) is 10.1 Å². The van der Waals surface area contributed by atoms with Crippen LogP contribution in [0.1, 0.15) is 41.7 Å². The Hall–Kier alpha value is -15.8. The second-order valence-electron chi connectivity index (χ2n) is 26.7. The zero-order chi connectivity index (χ0) is 101. The third kappa shape index (κ3) is 24.9. The number of rotatable bonds is 42. The minimum absolute atomic E-state index is 0.00347. The number of nitrogens with two attached hydrogens (primary N) is 2. The number of aromatic hydroxyl groups is 4. The van der Waals surface area contributed by atoms with Gasteiger partial charge in [-0.1, -0.05) is 10.1 Å². The molecule has 0 aliphatic rings. The zero-order valence-electron chi connectivity index (χ0n) is 69.3. The number of carboxylic acids is 2. The highest BCUT2D eigenvalue weighted by molar-refractivity contribution is 7.95. The molecule has 2 heterocycles. The quantitative estimate of drug-likeness (QED) is 0.00422. The van der Waals surface area contributed by atoms with Crippen molar-refractivity contribution in [3.63, 3.8) is 0 Å². The summed E-state index contributed by atoms with van der Waals surface area (Å²) in [5.41, 5.74) is 3.05. The van der Waals surface area contributed by atoms with Crippen molar-refractivity contribution in [2.75, 3.05) is 60.0 Å². The Balaban J connectivity index is 0.000000266. The highest BCUT2D eigenvalue weighted by Crippen LogP contribution is 2.51. The lowest BCUT2D eigenvalue weighted by Crippen LogP contribution is -2.12. The Labute approximate surface area is 782 Å². The summed E-state index contributed by atoms with van der Waals surface area (Å²) in [5.74, 6) is -9.22. The summed E-state index contributed by atoms with van der Waals surface area (Å²) in [7, 11) is -18.2. The van der Waals surface area contributed by atoms with Gasteiger partial charge in [-0.3, -0.25) is 37.9 Å². The Morgan fingerprint density at radius 3 is 1.07 bits per heavy atom. The smallest absolute Gasteiger partial charge is 0.338 e. The number of hydrogen-bond donors (Lipinski definition) is 18. The van der Waals surface area contributed by atoms with Crippen LogP contribution >= 0.6 is 24.1 Å². The first-order valence-corrected chi connectivity index (χ1v) is 44.8. The van der Waals surface area contributed by atoms with Gasteiger partial charge in [0.05, 0.1) is 105 Å². The van der Waals surface area contributed by atoms with E-state index in [2.05, 4.69) is 90.3 Å². The van der Waals surface area contributed by atoms with Crippen LogP contribution in [0.5, 0.6) is 52.0 Å². The topological polar surface area (TPSA) is 891 Å². The summed E-state index contributed by atoms with van der Waals surface area (Å²) in [5, 5.41) is 195. The van der Waals surface area contributed by atoms with E-state index in [0.717, 1.165) is 64.0 Å². The number of aliphatic hydroxyl groups is 4. The van der Waals surface area contributed by atoms with E-state index in [9.17, 15) is 132 Å². The lowest BCUT2D eigenvalue weighted by atomic mass is 10.1. The van der Waals surface area contributed by atoms with Crippen molar-refractivity contribution in [1.82, 2.24) is 19.6 Å². The van der Waals surface area contributed by atoms with Gasteiger partial charge < -0.3 is 86.2 Å². The van der Waals surface area contributed by atoms with Gasteiger partial charge in [0.25, 0.3) is 58.0 Å². The molecule has 10 aromatic carbocycles. The molecule has 0 saturated carbocycles. The van der Waals surface area contributed by atoms with Crippen LogP contribution < -0.4 is 35.2 Å². The van der Waals surface area contributed by atoms with Crippen molar-refractivity contribution < 1.29 is 180 Å². The van der Waals surface area contributed by atoms with Crippen LogP contribution in [-0.4, -0.2) is 222 Å². The number of carboxylic acid groups (broad SMARTS) is 2. The number of aromatic carboxylic acids is 2. The van der Waals surface area contributed by atoms with Crippen LogP contribution in [-0.2, 0) is 59.2 Å². The number of benzene rings is 10. The van der Waals surface area contributed by atoms with Gasteiger partial charge in [0.2, 0.25) is 11.8 Å². The summed E-state index contributed by atoms with van der Waals surface area (Å²) in [4.78, 5) is 55.6. The molecular weight excluding hydrogens is 1980 g/mol. The van der Waals surface area contributed by atoms with E-state index in [4.69, 9.17) is 45.7 Å². The first-order valence-electron chi connectivity index (χ1n) is 37.5. The van der Waals surface area contributed by atoms with Crippen molar-refractivity contribution in [3.05, 3.63) is 178 Å². The van der Waals surface area contributed by atoms with Gasteiger partial charge in [0, 0.05) is 53.2 Å². The number of azo groups is 6. The van der Waals surface area contributed by atoms with Crippen molar-refractivity contribution in [2.24, 2.45) is 72.8 Å². The van der Waals surface area contributed by atoms with Gasteiger partial charge in [0.1, 0.15) is 122 Å². The van der Waals surface area contributed by atoms with E-state index < -0.39 is 195 Å². The molecule has 12 rings (SSSR count). The largest absolute Gasteiger partial charge is 0.505 e. The van der Waals surface area contributed by atoms with Crippen LogP contribution in [0.2, 0.25) is 0 Å². The van der Waals surface area contributed by atoms with Gasteiger partial charge in [-0.25, -0.2) is 20.1 Å². The lowest BCUT2D eigenvalue weighted by molar-refractivity contribution is -0.432. The summed E-state index contributed by atoms with van der Waals surface area (Å²) in [6, 6.07) is 25.8. The standard InChI is InChI=1S/C38H33N9O19S3.C37H30N10O20S3/c1-62-20-3-6-25(31(14-20)69(59,60)61)41-42-26-16-29(64-11-9-49)27(17-28(26)63-10-8-48)43-44-32-30(67-66-65-55)13-18-12-19(2-5-22(18)35(32)50)47-37(52)34(33(46-47)36(39)51)45-40-24-7-4-21(68(56,57)58)15-23(24)38(53)54;38-35(51)32-33(44-39-23-6-3-20(69(58,59)60)14-22(23)37(53)54)36(52)46(45-32)18-1-4-21-17(11-18)12-29(68-67-66-57)31(34(21)50)43-42-26-16-27(64-9-7-48)25(15-28(26)65-10-8-49)41-40-24-5-2-19(47(55)56)13-30(24)70(61,62)63/h2-7,12-17,48-50,52,55H,8-11H2,1H3,(H2,39,51)(H,53,54)(H,56,57,58)(H,59,60,61);1-6,11-16,48-50,52,57H,7-10H2,(H2,38,51)(H,53,54)(H,58,59,60)(H,61,62,63). The Morgan fingerprint density at radius 2 is 0.748 bits per heavy atom. The number of nitro benzene ring substituents is 1. The summed E-state index contributed by atoms with van der Waals surface area (Å²) >= 11 is 0.636. The van der Waals surface area contributed by atoms with E-state index in [1.165, 1.54) is 79.9 Å². The molecule has 139 heavy (non-hydrogen) atoms. The van der Waals surface area contributed by atoms with Crippen molar-refractivity contribution in [2.45, 2.75) is 29.4 Å². The fourth-order valence-electron chi connectivity index (χ4n) is 11.8. The second-order valence-corrected chi connectivity index (χ2v) is 33.8. The van der Waals surface area contributed by atoms with E-state index >= 15 is 0 Å². The first-order chi connectivity index (χ1) is 65.9. The molecule has 64 heteroatoms. The Morgan fingerprint density at radius 1 is 0.417 bits per heavy atom. The number of primary amides is 2. The normalized spacial score (nSPS) is 12.1. The summed E-state index contributed by atoms with van der Waals surface area (Å²) in [6.07, 6.45) is 0. The minimum Gasteiger partial charge on any atom is -0.505 e. The fraction of sp³-hybridized carbons (Fsp3) is 0.120. The maximum absolute atomic E-state index is 12.4. The predicted octanol–water partition coefficient (Wildman–Crippen LogP) is 12.2. The number of amides is 2. The molecule has 0 aliphatic carbocycles. The molecular formula is C75H63N19O39S6. The van der Waals surface area contributed by atoms with Gasteiger partial charge in [-0.05, 0) is 114 Å².